The number of rotatable bonds is 5. The molecule has 0 fully saturated rings. The van der Waals surface area contributed by atoms with Gasteiger partial charge in [-0.05, 0) is 27.7 Å². The highest BCUT2D eigenvalue weighted by Crippen LogP contribution is 2.12. The molecule has 0 saturated carbocycles. The number of benzene rings is 3. The van der Waals surface area contributed by atoms with Crippen LogP contribution < -0.4 is 5.46 Å². The van der Waals surface area contributed by atoms with Gasteiger partial charge in [0.25, 0.3) is 0 Å². The van der Waals surface area contributed by atoms with E-state index in [-0.39, 0.29) is 0 Å². The van der Waals surface area contributed by atoms with E-state index in [4.69, 9.17) is 0 Å². The molecule has 25 heavy (non-hydrogen) atoms. The smallest absolute Gasteiger partial charge is 0.423 e. The first kappa shape index (κ1) is 17.0. The first-order valence-corrected chi connectivity index (χ1v) is 8.19. The van der Waals surface area contributed by atoms with Crippen molar-refractivity contribution in [1.29, 1.82) is 0 Å². The maximum Gasteiger partial charge on any atom is 0.489 e. The van der Waals surface area contributed by atoms with Crippen molar-refractivity contribution in [3.63, 3.8) is 0 Å². The van der Waals surface area contributed by atoms with Gasteiger partial charge in [0, 0.05) is 0 Å². The van der Waals surface area contributed by atoms with E-state index in [2.05, 4.69) is 0 Å². The van der Waals surface area contributed by atoms with E-state index in [1.54, 1.807) is 6.07 Å². The Morgan fingerprint density at radius 3 is 1.64 bits per heavy atom. The molecule has 3 rings (SSSR count). The van der Waals surface area contributed by atoms with E-state index < -0.39 is 7.12 Å². The van der Waals surface area contributed by atoms with Crippen molar-refractivity contribution in [3.8, 4) is 0 Å². The standard InChI is InChI=1S/C22H19BO2/c24-23(25)22-17-20(12-11-18-7-3-1-4-8-18)14-16-21(22)15-13-19-9-5-2-6-10-19/h1-17,24-25H/b12-11+,15-13+. The van der Waals surface area contributed by atoms with E-state index in [1.807, 2.05) is 97.1 Å². The fourth-order valence-electron chi connectivity index (χ4n) is 2.58. The predicted octanol–water partition coefficient (Wildman–Crippen LogP) is 3.71. The van der Waals surface area contributed by atoms with E-state index in [0.29, 0.717) is 5.46 Å². The quantitative estimate of drug-likeness (QED) is 0.554. The zero-order valence-corrected chi connectivity index (χ0v) is 13.8. The second-order valence-electron chi connectivity index (χ2n) is 5.75. The molecule has 0 amide bonds. The molecule has 0 saturated heterocycles. The summed E-state index contributed by atoms with van der Waals surface area (Å²) in [5.74, 6) is 0. The Kier molecular flexibility index (Phi) is 5.63. The summed E-state index contributed by atoms with van der Waals surface area (Å²) >= 11 is 0. The average Bonchev–Trinajstić information content (AvgIpc) is 2.66. The van der Waals surface area contributed by atoms with Crippen molar-refractivity contribution in [3.05, 3.63) is 101 Å². The van der Waals surface area contributed by atoms with Gasteiger partial charge < -0.3 is 10.0 Å². The van der Waals surface area contributed by atoms with Crippen LogP contribution in [0.3, 0.4) is 0 Å². The highest BCUT2D eigenvalue weighted by atomic mass is 16.4. The normalized spacial score (nSPS) is 11.3. The Labute approximate surface area is 148 Å². The Morgan fingerprint density at radius 1 is 0.560 bits per heavy atom. The summed E-state index contributed by atoms with van der Waals surface area (Å²) in [5.41, 5.74) is 4.36. The molecule has 2 nitrogen and oxygen atoms in total. The molecule has 3 aromatic rings. The van der Waals surface area contributed by atoms with Gasteiger partial charge in [-0.1, -0.05) is 103 Å². The third-order valence-electron chi connectivity index (χ3n) is 3.91. The Hall–Kier alpha value is -2.88. The Morgan fingerprint density at radius 2 is 1.08 bits per heavy atom. The molecule has 0 aromatic heterocycles. The lowest BCUT2D eigenvalue weighted by molar-refractivity contribution is 0.425. The number of hydrogen-bond donors (Lipinski definition) is 2. The van der Waals surface area contributed by atoms with Crippen LogP contribution in [0.5, 0.6) is 0 Å². The largest absolute Gasteiger partial charge is 0.489 e. The molecule has 0 unspecified atom stereocenters. The summed E-state index contributed by atoms with van der Waals surface area (Å²) in [6.45, 7) is 0. The monoisotopic (exact) mass is 326 g/mol. The zero-order valence-electron chi connectivity index (χ0n) is 13.8. The van der Waals surface area contributed by atoms with E-state index in [9.17, 15) is 10.0 Å². The highest BCUT2D eigenvalue weighted by Gasteiger charge is 2.14. The van der Waals surface area contributed by atoms with Gasteiger partial charge in [0.05, 0.1) is 0 Å². The van der Waals surface area contributed by atoms with Crippen LogP contribution in [-0.4, -0.2) is 17.2 Å². The second-order valence-corrected chi connectivity index (χ2v) is 5.75. The molecule has 0 aliphatic rings. The zero-order chi connectivity index (χ0) is 17.5. The molecule has 0 aliphatic carbocycles. The third-order valence-corrected chi connectivity index (χ3v) is 3.91. The predicted molar refractivity (Wildman–Crippen MR) is 107 cm³/mol. The van der Waals surface area contributed by atoms with E-state index in [1.165, 1.54) is 0 Å². The van der Waals surface area contributed by atoms with Gasteiger partial charge in [-0.3, -0.25) is 0 Å². The van der Waals surface area contributed by atoms with E-state index >= 15 is 0 Å². The van der Waals surface area contributed by atoms with Crippen molar-refractivity contribution in [2.24, 2.45) is 0 Å². The fourth-order valence-corrected chi connectivity index (χ4v) is 2.58. The first-order valence-electron chi connectivity index (χ1n) is 8.19. The molecular formula is C22H19BO2. The molecule has 0 bridgehead atoms. The van der Waals surface area contributed by atoms with Crippen molar-refractivity contribution in [2.75, 3.05) is 0 Å². The Bertz CT molecular complexity index is 869. The van der Waals surface area contributed by atoms with Crippen LogP contribution in [0.15, 0.2) is 78.9 Å². The molecule has 0 aliphatic heterocycles. The maximum atomic E-state index is 9.71. The minimum absolute atomic E-state index is 0.488. The fraction of sp³-hybridized carbons (Fsp3) is 0. The van der Waals surface area contributed by atoms with Crippen LogP contribution >= 0.6 is 0 Å². The van der Waals surface area contributed by atoms with Crippen molar-refractivity contribution >= 4 is 36.9 Å². The first-order chi connectivity index (χ1) is 12.2. The van der Waals surface area contributed by atoms with Crippen LogP contribution in [-0.2, 0) is 0 Å². The molecule has 122 valence electrons. The minimum Gasteiger partial charge on any atom is -0.423 e. The van der Waals surface area contributed by atoms with Gasteiger partial charge in [0.1, 0.15) is 0 Å². The van der Waals surface area contributed by atoms with Gasteiger partial charge in [0.15, 0.2) is 0 Å². The summed E-state index contributed by atoms with van der Waals surface area (Å²) in [7, 11) is -1.51. The van der Waals surface area contributed by atoms with Crippen LogP contribution in [0.1, 0.15) is 22.3 Å². The molecule has 3 aromatic carbocycles. The van der Waals surface area contributed by atoms with Crippen molar-refractivity contribution in [2.45, 2.75) is 0 Å². The molecule has 0 heterocycles. The lowest BCUT2D eigenvalue weighted by atomic mass is 9.76. The topological polar surface area (TPSA) is 40.5 Å². The van der Waals surface area contributed by atoms with Crippen molar-refractivity contribution in [1.82, 2.24) is 0 Å². The van der Waals surface area contributed by atoms with Crippen LogP contribution in [0.4, 0.5) is 0 Å². The van der Waals surface area contributed by atoms with Gasteiger partial charge in [-0.25, -0.2) is 0 Å². The molecule has 2 N–H and O–H groups in total. The third kappa shape index (κ3) is 4.80. The lowest BCUT2D eigenvalue weighted by Gasteiger charge is -2.07. The molecule has 0 atom stereocenters. The maximum absolute atomic E-state index is 9.71. The van der Waals surface area contributed by atoms with Crippen molar-refractivity contribution < 1.29 is 10.0 Å². The minimum atomic E-state index is -1.51. The Balaban J connectivity index is 1.86. The molecular weight excluding hydrogens is 307 g/mol. The summed E-state index contributed by atoms with van der Waals surface area (Å²) in [5, 5.41) is 19.4. The summed E-state index contributed by atoms with van der Waals surface area (Å²) in [6, 6.07) is 25.6. The lowest BCUT2D eigenvalue weighted by Crippen LogP contribution is -2.32. The van der Waals surface area contributed by atoms with Crippen LogP contribution in [0.2, 0.25) is 0 Å². The molecule has 3 heteroatoms. The van der Waals surface area contributed by atoms with Gasteiger partial charge >= 0.3 is 7.12 Å². The van der Waals surface area contributed by atoms with Gasteiger partial charge in [-0.2, -0.15) is 0 Å². The van der Waals surface area contributed by atoms with Crippen LogP contribution in [0.25, 0.3) is 24.3 Å². The number of hydrogen-bond acceptors (Lipinski definition) is 2. The van der Waals surface area contributed by atoms with Gasteiger partial charge in [0.2, 0.25) is 0 Å². The second kappa shape index (κ2) is 8.29. The summed E-state index contributed by atoms with van der Waals surface area (Å²) in [4.78, 5) is 0. The molecule has 0 radical (unpaired) electrons. The van der Waals surface area contributed by atoms with Gasteiger partial charge in [-0.15, -0.1) is 0 Å². The SMILES string of the molecule is OB(O)c1cc(/C=C/c2ccccc2)ccc1/C=C/c1ccccc1. The molecule has 0 spiro atoms. The average molecular weight is 326 g/mol. The van der Waals surface area contributed by atoms with Crippen LogP contribution in [0, 0.1) is 0 Å². The summed E-state index contributed by atoms with van der Waals surface area (Å²) < 4.78 is 0. The summed E-state index contributed by atoms with van der Waals surface area (Å²) in [6.07, 6.45) is 7.82. The van der Waals surface area contributed by atoms with E-state index in [0.717, 1.165) is 22.3 Å². The highest BCUT2D eigenvalue weighted by molar-refractivity contribution is 6.59.